The molecule has 38 heavy (non-hydrogen) atoms. The monoisotopic (exact) mass is 518 g/mol. The van der Waals surface area contributed by atoms with Crippen LogP contribution >= 0.6 is 0 Å². The summed E-state index contributed by atoms with van der Waals surface area (Å²) in [6.45, 7) is 0.961. The normalized spacial score (nSPS) is 11.1. The molecule has 12 heteroatoms. The minimum Gasteiger partial charge on any atom is -0.332 e. The van der Waals surface area contributed by atoms with Crippen molar-refractivity contribution in [1.29, 1.82) is 0 Å². The number of para-hydroxylation sites is 2. The van der Waals surface area contributed by atoms with Crippen molar-refractivity contribution in [1.82, 2.24) is 31.2 Å². The molecular formula is C26H26N6O6. The van der Waals surface area contributed by atoms with Crippen molar-refractivity contribution >= 4 is 46.6 Å². The van der Waals surface area contributed by atoms with Crippen LogP contribution in [-0.2, 0) is 32.0 Å². The maximum Gasteiger partial charge on any atom is 0.356 e. The number of hydrazine groups is 2. The van der Waals surface area contributed by atoms with E-state index in [9.17, 15) is 19.2 Å². The molecule has 0 bridgehead atoms. The van der Waals surface area contributed by atoms with Gasteiger partial charge in [-0.25, -0.2) is 20.4 Å². The summed E-state index contributed by atoms with van der Waals surface area (Å²) in [4.78, 5) is 56.6. The van der Waals surface area contributed by atoms with Crippen molar-refractivity contribution in [3.63, 3.8) is 0 Å². The highest BCUT2D eigenvalue weighted by molar-refractivity contribution is 5.93. The van der Waals surface area contributed by atoms with E-state index in [4.69, 9.17) is 9.68 Å². The van der Waals surface area contributed by atoms with Gasteiger partial charge < -0.3 is 9.68 Å². The van der Waals surface area contributed by atoms with Crippen LogP contribution in [0.25, 0.3) is 21.8 Å². The van der Waals surface area contributed by atoms with Gasteiger partial charge in [0.25, 0.3) is 0 Å². The summed E-state index contributed by atoms with van der Waals surface area (Å²) in [5, 5.41) is 1.79. The molecule has 0 atom stereocenters. The number of amides is 2. The van der Waals surface area contributed by atoms with Crippen LogP contribution in [0.4, 0.5) is 0 Å². The molecule has 0 aliphatic rings. The zero-order chi connectivity index (χ0) is 26.7. The number of hydrogen-bond acceptors (Lipinski definition) is 8. The third-order valence-corrected chi connectivity index (χ3v) is 5.61. The number of benzene rings is 2. The van der Waals surface area contributed by atoms with Gasteiger partial charge in [0, 0.05) is 48.4 Å². The van der Waals surface area contributed by atoms with Crippen molar-refractivity contribution in [2.45, 2.75) is 12.8 Å². The summed E-state index contributed by atoms with van der Waals surface area (Å²) >= 11 is 0. The first kappa shape index (κ1) is 26.1. The van der Waals surface area contributed by atoms with Gasteiger partial charge in [-0.2, -0.15) is 9.46 Å². The molecule has 0 spiro atoms. The van der Waals surface area contributed by atoms with E-state index in [2.05, 4.69) is 21.7 Å². The zero-order valence-corrected chi connectivity index (χ0v) is 20.3. The molecule has 2 aromatic heterocycles. The Kier molecular flexibility index (Phi) is 8.84. The fourth-order valence-corrected chi connectivity index (χ4v) is 4.00. The van der Waals surface area contributed by atoms with E-state index in [-0.39, 0.29) is 0 Å². The predicted octanol–water partition coefficient (Wildman–Crippen LogP) is 0.349. The first-order valence-electron chi connectivity index (χ1n) is 11.8. The number of nitrogens with zero attached hydrogens (tertiary/aromatic N) is 2. The Balaban J connectivity index is 1.40. The van der Waals surface area contributed by atoms with E-state index >= 15 is 0 Å². The Morgan fingerprint density at radius 2 is 1.11 bits per heavy atom. The first-order valence-corrected chi connectivity index (χ1v) is 11.8. The van der Waals surface area contributed by atoms with Gasteiger partial charge in [0.2, 0.25) is 12.8 Å². The molecule has 0 unspecified atom stereocenters. The van der Waals surface area contributed by atoms with Gasteiger partial charge in [-0.1, -0.05) is 36.4 Å². The van der Waals surface area contributed by atoms with Crippen LogP contribution in [-0.4, -0.2) is 47.3 Å². The quantitative estimate of drug-likeness (QED) is 0.0810. The smallest absolute Gasteiger partial charge is 0.332 e. The fraction of sp³-hybridized carbons (Fsp3) is 0.154. The van der Waals surface area contributed by atoms with E-state index in [0.717, 1.165) is 34.1 Å². The molecule has 4 N–H and O–H groups in total. The van der Waals surface area contributed by atoms with Crippen LogP contribution in [0.15, 0.2) is 73.1 Å². The third-order valence-electron chi connectivity index (χ3n) is 5.61. The highest BCUT2D eigenvalue weighted by Crippen LogP contribution is 2.22. The van der Waals surface area contributed by atoms with Crippen molar-refractivity contribution in [2.75, 3.05) is 13.1 Å². The van der Waals surface area contributed by atoms with E-state index < -0.39 is 11.9 Å². The predicted molar refractivity (Wildman–Crippen MR) is 138 cm³/mol. The Morgan fingerprint density at radius 3 is 1.53 bits per heavy atom. The second-order valence-corrected chi connectivity index (χ2v) is 8.03. The van der Waals surface area contributed by atoms with Crippen LogP contribution in [0.5, 0.6) is 0 Å². The van der Waals surface area contributed by atoms with Crippen molar-refractivity contribution in [2.24, 2.45) is 0 Å². The molecule has 12 nitrogen and oxygen atoms in total. The minimum absolute atomic E-state index is 0.481. The molecule has 0 saturated heterocycles. The Labute approximate surface area is 217 Å². The maximum absolute atomic E-state index is 12.5. The van der Waals surface area contributed by atoms with Crippen LogP contribution in [0, 0.1) is 0 Å². The van der Waals surface area contributed by atoms with Gasteiger partial charge in [-0.05, 0) is 36.1 Å². The van der Waals surface area contributed by atoms with Gasteiger partial charge in [0.1, 0.15) is 0 Å². The van der Waals surface area contributed by atoms with Crippen molar-refractivity contribution < 1.29 is 28.9 Å². The number of carbonyl (C=O) groups is 4. The van der Waals surface area contributed by atoms with Crippen LogP contribution < -0.4 is 31.4 Å². The highest BCUT2D eigenvalue weighted by atomic mass is 16.7. The van der Waals surface area contributed by atoms with E-state index in [1.54, 1.807) is 24.5 Å². The molecule has 2 heterocycles. The fourth-order valence-electron chi connectivity index (χ4n) is 4.00. The topological polar surface area (TPSA) is 145 Å². The molecule has 196 valence electrons. The minimum atomic E-state index is -0.762. The third kappa shape index (κ3) is 6.43. The molecule has 2 amide bonds. The number of nitrogens with one attached hydrogen (secondary N) is 4. The molecule has 0 aliphatic heterocycles. The van der Waals surface area contributed by atoms with Gasteiger partial charge in [0.15, 0.2) is 0 Å². The number of carbonyl (C=O) groups excluding carboxylic acids is 4. The second kappa shape index (κ2) is 12.9. The Bertz CT molecular complexity index is 1360. The summed E-state index contributed by atoms with van der Waals surface area (Å²) in [5.41, 5.74) is 13.5. The van der Waals surface area contributed by atoms with Crippen molar-refractivity contribution in [3.05, 3.63) is 84.2 Å². The summed E-state index contributed by atoms with van der Waals surface area (Å²) < 4.78 is 2.68. The number of aromatic nitrogens is 2. The van der Waals surface area contributed by atoms with Gasteiger partial charge in [0.05, 0.1) is 11.0 Å². The SMILES string of the molecule is O=CNNCCc1cn(OC(=O)/C=C\C(=O)On2cc(CCNNC=O)c3ccccc32)c2ccccc12. The van der Waals surface area contributed by atoms with Gasteiger partial charge >= 0.3 is 11.9 Å². The zero-order valence-electron chi connectivity index (χ0n) is 20.3. The first-order chi connectivity index (χ1) is 18.6. The van der Waals surface area contributed by atoms with Crippen LogP contribution in [0.2, 0.25) is 0 Å². The van der Waals surface area contributed by atoms with Crippen LogP contribution in [0.1, 0.15) is 11.1 Å². The average Bonchev–Trinajstić information content (AvgIpc) is 3.46. The van der Waals surface area contributed by atoms with Crippen molar-refractivity contribution in [3.8, 4) is 0 Å². The summed E-state index contributed by atoms with van der Waals surface area (Å²) in [7, 11) is 0. The lowest BCUT2D eigenvalue weighted by atomic mass is 10.1. The van der Waals surface area contributed by atoms with E-state index in [1.165, 1.54) is 9.46 Å². The summed E-state index contributed by atoms with van der Waals surface area (Å²) in [6.07, 6.45) is 7.60. The summed E-state index contributed by atoms with van der Waals surface area (Å²) in [6, 6.07) is 14.8. The lowest BCUT2D eigenvalue weighted by Crippen LogP contribution is -2.31. The van der Waals surface area contributed by atoms with Gasteiger partial charge in [-0.15, -0.1) is 0 Å². The Hall–Kier alpha value is -4.94. The molecule has 0 aliphatic carbocycles. The lowest BCUT2D eigenvalue weighted by molar-refractivity contribution is -0.140. The standard InChI is InChI=1S/C26H26N6O6/c33-17-29-27-13-11-19-15-31(23-7-3-1-5-21(19)23)37-25(35)9-10-26(36)38-32-16-20(12-14-28-30-18-34)22-6-2-4-8-24(22)32/h1-10,15-18,27-28H,11-14H2,(H,29,33)(H,30,34)/b10-9-. The average molecular weight is 519 g/mol. The number of hydrogen-bond donors (Lipinski definition) is 4. The molecule has 4 rings (SSSR count). The molecule has 0 radical (unpaired) electrons. The van der Waals surface area contributed by atoms with E-state index in [0.29, 0.717) is 49.8 Å². The van der Waals surface area contributed by atoms with E-state index in [1.807, 2.05) is 36.4 Å². The number of fused-ring (bicyclic) bond motifs is 2. The molecule has 0 saturated carbocycles. The lowest BCUT2D eigenvalue weighted by Gasteiger charge is -2.04. The van der Waals surface area contributed by atoms with Gasteiger partial charge in [-0.3, -0.25) is 20.4 Å². The summed E-state index contributed by atoms with van der Waals surface area (Å²) in [5.74, 6) is -1.52. The van der Waals surface area contributed by atoms with Crippen LogP contribution in [0.3, 0.4) is 0 Å². The second-order valence-electron chi connectivity index (χ2n) is 8.03. The maximum atomic E-state index is 12.5. The molecular weight excluding hydrogens is 492 g/mol. The molecule has 0 fully saturated rings. The Morgan fingerprint density at radius 1 is 0.684 bits per heavy atom. The molecule has 4 aromatic rings. The highest BCUT2D eigenvalue weighted by Gasteiger charge is 2.13. The number of rotatable bonds is 14. The largest absolute Gasteiger partial charge is 0.356 e. The molecule has 2 aromatic carbocycles.